The van der Waals surface area contributed by atoms with Gasteiger partial charge in [0.1, 0.15) is 11.5 Å². The largest absolute Gasteiger partial charge is 0.305 e. The molecule has 0 aliphatic carbocycles. The number of pyridine rings is 1. The van der Waals surface area contributed by atoms with Crippen molar-refractivity contribution in [3.8, 4) is 0 Å². The molecule has 0 radical (unpaired) electrons. The van der Waals surface area contributed by atoms with Crippen LogP contribution in [0.5, 0.6) is 0 Å². The summed E-state index contributed by atoms with van der Waals surface area (Å²) in [5, 5.41) is 6.77. The van der Waals surface area contributed by atoms with Crippen LogP contribution in [0.1, 0.15) is 30.0 Å². The summed E-state index contributed by atoms with van der Waals surface area (Å²) in [4.78, 5) is 28.0. The molecule has 0 spiro atoms. The zero-order valence-corrected chi connectivity index (χ0v) is 12.3. The van der Waals surface area contributed by atoms with Crippen LogP contribution in [0.4, 0.5) is 5.82 Å². The monoisotopic (exact) mass is 286 g/mol. The van der Waals surface area contributed by atoms with Gasteiger partial charge in [0.15, 0.2) is 0 Å². The Morgan fingerprint density at radius 2 is 2.05 bits per heavy atom. The zero-order chi connectivity index (χ0) is 15.4. The fourth-order valence-electron chi connectivity index (χ4n) is 1.84. The van der Waals surface area contributed by atoms with Gasteiger partial charge in [-0.1, -0.05) is 19.9 Å². The number of carbonyl (C=O) groups is 1. The van der Waals surface area contributed by atoms with Crippen molar-refractivity contribution >= 4 is 11.7 Å². The van der Waals surface area contributed by atoms with Crippen LogP contribution in [0.15, 0.2) is 35.1 Å². The van der Waals surface area contributed by atoms with Crippen LogP contribution in [-0.4, -0.2) is 20.7 Å². The second-order valence-corrected chi connectivity index (χ2v) is 5.25. The van der Waals surface area contributed by atoms with Crippen molar-refractivity contribution < 1.29 is 4.79 Å². The predicted octanol–water partition coefficient (Wildman–Crippen LogP) is 1.86. The Morgan fingerprint density at radius 3 is 2.71 bits per heavy atom. The molecule has 6 nitrogen and oxygen atoms in total. The lowest BCUT2D eigenvalue weighted by molar-refractivity contribution is 0.101. The van der Waals surface area contributed by atoms with Gasteiger partial charge in [0.25, 0.3) is 11.5 Å². The normalized spacial score (nSPS) is 10.7. The molecular formula is C15H18N4O2. The first-order valence-corrected chi connectivity index (χ1v) is 6.79. The minimum absolute atomic E-state index is 0.193. The maximum Gasteiger partial charge on any atom is 0.277 e. The van der Waals surface area contributed by atoms with Crippen molar-refractivity contribution in [1.82, 2.24) is 14.8 Å². The predicted molar refractivity (Wildman–Crippen MR) is 80.3 cm³/mol. The third-order valence-electron chi connectivity index (χ3n) is 2.77. The number of anilines is 1. The Labute approximate surface area is 122 Å². The number of hydrogen-bond acceptors (Lipinski definition) is 4. The van der Waals surface area contributed by atoms with Crippen molar-refractivity contribution in [2.75, 3.05) is 5.32 Å². The highest BCUT2D eigenvalue weighted by molar-refractivity contribution is 6.02. The Hall–Kier alpha value is -2.50. The van der Waals surface area contributed by atoms with Gasteiger partial charge in [0.2, 0.25) is 0 Å². The first kappa shape index (κ1) is 14.9. The maximum absolute atomic E-state index is 12.1. The van der Waals surface area contributed by atoms with Crippen LogP contribution in [0, 0.1) is 12.8 Å². The van der Waals surface area contributed by atoms with Crippen molar-refractivity contribution in [2.24, 2.45) is 5.92 Å². The molecule has 0 bridgehead atoms. The van der Waals surface area contributed by atoms with Crippen LogP contribution in [-0.2, 0) is 6.54 Å². The van der Waals surface area contributed by atoms with E-state index in [2.05, 4.69) is 15.4 Å². The number of amides is 1. The van der Waals surface area contributed by atoms with Crippen molar-refractivity contribution in [2.45, 2.75) is 27.3 Å². The summed E-state index contributed by atoms with van der Waals surface area (Å²) in [6.07, 6.45) is 0. The van der Waals surface area contributed by atoms with E-state index in [0.717, 1.165) is 5.69 Å². The highest BCUT2D eigenvalue weighted by Crippen LogP contribution is 2.05. The van der Waals surface area contributed by atoms with Gasteiger partial charge in [-0.2, -0.15) is 5.10 Å². The summed E-state index contributed by atoms with van der Waals surface area (Å²) in [5.74, 6) is 0.348. The molecule has 0 aromatic carbocycles. The molecule has 2 aromatic rings. The second-order valence-electron chi connectivity index (χ2n) is 5.25. The van der Waals surface area contributed by atoms with Crippen molar-refractivity contribution in [1.29, 1.82) is 0 Å². The molecule has 0 aliphatic heterocycles. The first-order valence-electron chi connectivity index (χ1n) is 6.79. The van der Waals surface area contributed by atoms with Crippen LogP contribution < -0.4 is 10.9 Å². The number of nitrogens with zero attached hydrogens (tertiary/aromatic N) is 3. The number of aromatic nitrogens is 3. The molecule has 1 amide bonds. The molecule has 0 unspecified atom stereocenters. The third kappa shape index (κ3) is 3.98. The van der Waals surface area contributed by atoms with Gasteiger partial charge < -0.3 is 5.32 Å². The zero-order valence-electron chi connectivity index (χ0n) is 12.3. The molecule has 0 fully saturated rings. The summed E-state index contributed by atoms with van der Waals surface area (Å²) < 4.78 is 1.31. The molecule has 1 N–H and O–H groups in total. The quantitative estimate of drug-likeness (QED) is 0.930. The van der Waals surface area contributed by atoms with Gasteiger partial charge in [-0.15, -0.1) is 0 Å². The highest BCUT2D eigenvalue weighted by atomic mass is 16.2. The van der Waals surface area contributed by atoms with Gasteiger partial charge in [0.05, 0.1) is 0 Å². The van der Waals surface area contributed by atoms with Crippen molar-refractivity contribution in [3.05, 3.63) is 52.1 Å². The van der Waals surface area contributed by atoms with E-state index in [4.69, 9.17) is 0 Å². The number of rotatable bonds is 4. The van der Waals surface area contributed by atoms with E-state index in [-0.39, 0.29) is 23.1 Å². The van der Waals surface area contributed by atoms with E-state index in [0.29, 0.717) is 12.4 Å². The number of aryl methyl sites for hydroxylation is 1. The maximum atomic E-state index is 12.1. The summed E-state index contributed by atoms with van der Waals surface area (Å²) in [6, 6.07) is 8.13. The fraction of sp³-hybridized carbons (Fsp3) is 0.333. The third-order valence-corrected chi connectivity index (χ3v) is 2.77. The lowest BCUT2D eigenvalue weighted by atomic mass is 10.2. The van der Waals surface area contributed by atoms with E-state index in [1.165, 1.54) is 16.8 Å². The van der Waals surface area contributed by atoms with Crippen LogP contribution in [0.25, 0.3) is 0 Å². The van der Waals surface area contributed by atoms with Crippen LogP contribution in [0.2, 0.25) is 0 Å². The average Bonchev–Trinajstić information content (AvgIpc) is 2.40. The lowest BCUT2D eigenvalue weighted by Gasteiger charge is -2.09. The fourth-order valence-corrected chi connectivity index (χ4v) is 1.84. The minimum Gasteiger partial charge on any atom is -0.305 e. The van der Waals surface area contributed by atoms with Gasteiger partial charge in [0, 0.05) is 18.3 Å². The molecule has 0 atom stereocenters. The lowest BCUT2D eigenvalue weighted by Crippen LogP contribution is -2.27. The van der Waals surface area contributed by atoms with E-state index >= 15 is 0 Å². The molecule has 0 aliphatic rings. The molecule has 0 saturated heterocycles. The molecule has 21 heavy (non-hydrogen) atoms. The minimum atomic E-state index is -0.384. The molecule has 110 valence electrons. The average molecular weight is 286 g/mol. The molecule has 2 heterocycles. The van der Waals surface area contributed by atoms with Gasteiger partial charge in [-0.25, -0.2) is 9.67 Å². The summed E-state index contributed by atoms with van der Waals surface area (Å²) >= 11 is 0. The summed E-state index contributed by atoms with van der Waals surface area (Å²) in [5.41, 5.74) is 0.790. The smallest absolute Gasteiger partial charge is 0.277 e. The molecular weight excluding hydrogens is 268 g/mol. The van der Waals surface area contributed by atoms with Gasteiger partial charge in [-0.3, -0.25) is 9.59 Å². The van der Waals surface area contributed by atoms with Crippen LogP contribution in [0.3, 0.4) is 0 Å². The second kappa shape index (κ2) is 6.30. The Kier molecular flexibility index (Phi) is 4.47. The first-order chi connectivity index (χ1) is 9.95. The van der Waals surface area contributed by atoms with E-state index in [1.54, 1.807) is 6.07 Å². The number of hydrogen-bond donors (Lipinski definition) is 1. The Bertz CT molecular complexity index is 707. The van der Waals surface area contributed by atoms with E-state index in [9.17, 15) is 9.59 Å². The molecule has 2 rings (SSSR count). The van der Waals surface area contributed by atoms with E-state index in [1.807, 2.05) is 32.9 Å². The van der Waals surface area contributed by atoms with Crippen molar-refractivity contribution in [3.63, 3.8) is 0 Å². The Balaban J connectivity index is 2.21. The standard InChI is InChI=1S/C15H18N4O2/c1-10(2)9-19-14(20)8-7-12(18-19)15(21)17-13-6-4-5-11(3)16-13/h4-8,10H,9H2,1-3H3,(H,16,17,21). The molecule has 2 aromatic heterocycles. The summed E-state index contributed by atoms with van der Waals surface area (Å²) in [6.45, 7) is 6.29. The van der Waals surface area contributed by atoms with Crippen LogP contribution >= 0.6 is 0 Å². The summed E-state index contributed by atoms with van der Waals surface area (Å²) in [7, 11) is 0. The molecule has 6 heteroatoms. The highest BCUT2D eigenvalue weighted by Gasteiger charge is 2.11. The SMILES string of the molecule is Cc1cccc(NC(=O)c2ccc(=O)n(CC(C)C)n2)n1. The van der Waals surface area contributed by atoms with Gasteiger partial charge >= 0.3 is 0 Å². The topological polar surface area (TPSA) is 76.9 Å². The number of nitrogens with one attached hydrogen (secondary N) is 1. The van der Waals surface area contributed by atoms with E-state index < -0.39 is 0 Å². The Morgan fingerprint density at radius 1 is 1.29 bits per heavy atom. The number of carbonyl (C=O) groups excluding carboxylic acids is 1. The van der Waals surface area contributed by atoms with Gasteiger partial charge in [-0.05, 0) is 31.0 Å². The molecule has 0 saturated carbocycles.